The van der Waals surface area contributed by atoms with Crippen molar-refractivity contribution < 1.29 is 19.1 Å². The third-order valence-corrected chi connectivity index (χ3v) is 2.53. The first-order valence-corrected chi connectivity index (χ1v) is 6.07. The van der Waals surface area contributed by atoms with Gasteiger partial charge in [0.25, 0.3) is 0 Å². The van der Waals surface area contributed by atoms with Crippen molar-refractivity contribution in [3.8, 4) is 0 Å². The maximum absolute atomic E-state index is 11.6. The largest absolute Gasteiger partial charge is 0.465 e. The number of methoxy groups -OCH3 is 1. The molecule has 6 nitrogen and oxygen atoms in total. The van der Waals surface area contributed by atoms with Crippen LogP contribution in [0.15, 0.2) is 24.3 Å². The number of benzene rings is 1. The quantitative estimate of drug-likeness (QED) is 0.627. The first-order valence-electron chi connectivity index (χ1n) is 6.07. The van der Waals surface area contributed by atoms with E-state index in [1.807, 2.05) is 0 Å². The van der Waals surface area contributed by atoms with Crippen molar-refractivity contribution >= 4 is 18.3 Å². The smallest absolute Gasteiger partial charge is 0.337 e. The van der Waals surface area contributed by atoms with E-state index in [4.69, 9.17) is 0 Å². The Labute approximate surface area is 117 Å². The lowest BCUT2D eigenvalue weighted by atomic mass is 10.1. The lowest BCUT2D eigenvalue weighted by Crippen LogP contribution is -2.49. The minimum absolute atomic E-state index is 0.242. The molecule has 1 aromatic carbocycles. The van der Waals surface area contributed by atoms with Crippen LogP contribution in [0.3, 0.4) is 0 Å². The number of hydrogen-bond donors (Lipinski definition) is 2. The van der Waals surface area contributed by atoms with Gasteiger partial charge in [0.2, 0.25) is 0 Å². The molecule has 6 heteroatoms. The Balaban J connectivity index is 2.60. The second kappa shape index (κ2) is 6.70. The fourth-order valence-corrected chi connectivity index (χ4v) is 1.47. The normalized spacial score (nSPS) is 10.6. The number of carbonyl (C=O) groups excluding carboxylic acids is 3. The molecular formula is C14H18N2O4. The number of ether oxygens (including phenoxy) is 1. The van der Waals surface area contributed by atoms with E-state index >= 15 is 0 Å². The van der Waals surface area contributed by atoms with Gasteiger partial charge in [0, 0.05) is 6.54 Å². The number of nitrogens with one attached hydrogen (secondary N) is 2. The van der Waals surface area contributed by atoms with Gasteiger partial charge in [0.05, 0.1) is 18.2 Å². The molecule has 0 aliphatic rings. The van der Waals surface area contributed by atoms with Crippen LogP contribution >= 0.6 is 0 Å². The van der Waals surface area contributed by atoms with Crippen LogP contribution in [-0.4, -0.2) is 30.9 Å². The number of rotatable bonds is 5. The fraction of sp³-hybridized carbons (Fsp3) is 0.357. The zero-order chi connectivity index (χ0) is 15.2. The number of hydrogen-bond acceptors (Lipinski definition) is 4. The van der Waals surface area contributed by atoms with Crippen molar-refractivity contribution in [3.05, 3.63) is 35.4 Å². The molecule has 2 N–H and O–H groups in total. The van der Waals surface area contributed by atoms with Crippen LogP contribution in [0.4, 0.5) is 4.79 Å². The van der Waals surface area contributed by atoms with Gasteiger partial charge in [0.15, 0.2) is 0 Å². The van der Waals surface area contributed by atoms with Crippen LogP contribution in [0.25, 0.3) is 0 Å². The highest BCUT2D eigenvalue weighted by atomic mass is 16.5. The highest BCUT2D eigenvalue weighted by molar-refractivity contribution is 5.89. The molecule has 0 atom stereocenters. The predicted molar refractivity (Wildman–Crippen MR) is 73.3 cm³/mol. The van der Waals surface area contributed by atoms with Gasteiger partial charge in [0.1, 0.15) is 6.29 Å². The Morgan fingerprint density at radius 2 is 2.05 bits per heavy atom. The zero-order valence-corrected chi connectivity index (χ0v) is 11.7. The monoisotopic (exact) mass is 278 g/mol. The van der Waals surface area contributed by atoms with Crippen molar-refractivity contribution in [1.29, 1.82) is 0 Å². The van der Waals surface area contributed by atoms with Crippen LogP contribution in [0, 0.1) is 0 Å². The van der Waals surface area contributed by atoms with E-state index < -0.39 is 17.5 Å². The molecule has 0 saturated heterocycles. The maximum atomic E-state index is 11.6. The van der Waals surface area contributed by atoms with E-state index in [1.165, 1.54) is 7.11 Å². The van der Waals surface area contributed by atoms with Gasteiger partial charge in [-0.25, -0.2) is 9.59 Å². The van der Waals surface area contributed by atoms with E-state index in [9.17, 15) is 14.4 Å². The van der Waals surface area contributed by atoms with E-state index in [2.05, 4.69) is 15.4 Å². The standard InChI is InChI=1S/C14H18N2O4/c1-14(2,9-17)16-13(19)15-8-10-5-4-6-11(7-10)12(18)20-3/h4-7,9H,8H2,1-3H3,(H2,15,16,19). The molecule has 0 aliphatic carbocycles. The average molecular weight is 278 g/mol. The lowest BCUT2D eigenvalue weighted by molar-refractivity contribution is -0.112. The summed E-state index contributed by atoms with van der Waals surface area (Å²) >= 11 is 0. The molecule has 108 valence electrons. The summed E-state index contributed by atoms with van der Waals surface area (Å²) < 4.78 is 4.62. The number of urea groups is 1. The number of carbonyl (C=O) groups is 3. The molecule has 0 aromatic heterocycles. The van der Waals surface area contributed by atoms with Crippen molar-refractivity contribution in [2.75, 3.05) is 7.11 Å². The number of aldehydes is 1. The van der Waals surface area contributed by atoms with Crippen molar-refractivity contribution in [1.82, 2.24) is 10.6 Å². The Morgan fingerprint density at radius 3 is 2.65 bits per heavy atom. The van der Waals surface area contributed by atoms with Gasteiger partial charge >= 0.3 is 12.0 Å². The molecule has 0 spiro atoms. The third kappa shape index (κ3) is 4.72. The second-order valence-electron chi connectivity index (χ2n) is 4.84. The molecule has 0 saturated carbocycles. The lowest BCUT2D eigenvalue weighted by Gasteiger charge is -2.19. The molecule has 0 radical (unpaired) electrons. The third-order valence-electron chi connectivity index (χ3n) is 2.53. The molecule has 1 aromatic rings. The van der Waals surface area contributed by atoms with Crippen molar-refractivity contribution in [2.45, 2.75) is 25.9 Å². The summed E-state index contributed by atoms with van der Waals surface area (Å²) in [5.74, 6) is -0.432. The number of amides is 2. The summed E-state index contributed by atoms with van der Waals surface area (Å²) in [7, 11) is 1.31. The van der Waals surface area contributed by atoms with Crippen LogP contribution < -0.4 is 10.6 Å². The molecule has 2 amide bonds. The molecule has 0 unspecified atom stereocenters. The van der Waals surface area contributed by atoms with Crippen molar-refractivity contribution in [2.24, 2.45) is 0 Å². The van der Waals surface area contributed by atoms with Gasteiger partial charge < -0.3 is 20.2 Å². The summed E-state index contributed by atoms with van der Waals surface area (Å²) in [5.41, 5.74) is 0.255. The first-order chi connectivity index (χ1) is 9.38. The Hall–Kier alpha value is -2.37. The van der Waals surface area contributed by atoms with Gasteiger partial charge in [-0.2, -0.15) is 0 Å². The van der Waals surface area contributed by atoms with Crippen LogP contribution in [-0.2, 0) is 16.1 Å². The first kappa shape index (κ1) is 15.7. The van der Waals surface area contributed by atoms with Gasteiger partial charge in [-0.1, -0.05) is 12.1 Å². The predicted octanol–water partition coefficient (Wildman–Crippen LogP) is 1.25. The minimum atomic E-state index is -0.919. The fourth-order valence-electron chi connectivity index (χ4n) is 1.47. The van der Waals surface area contributed by atoms with E-state index in [0.717, 1.165) is 5.56 Å². The topological polar surface area (TPSA) is 84.5 Å². The Morgan fingerprint density at radius 1 is 1.35 bits per heavy atom. The summed E-state index contributed by atoms with van der Waals surface area (Å²) in [5, 5.41) is 5.13. The zero-order valence-electron chi connectivity index (χ0n) is 11.7. The summed E-state index contributed by atoms with van der Waals surface area (Å²) in [4.78, 5) is 33.7. The van der Waals surface area contributed by atoms with E-state index in [-0.39, 0.29) is 6.54 Å². The SMILES string of the molecule is COC(=O)c1cccc(CNC(=O)NC(C)(C)C=O)c1. The average Bonchev–Trinajstić information content (AvgIpc) is 2.44. The number of esters is 1. The van der Waals surface area contributed by atoms with Gasteiger partial charge in [-0.15, -0.1) is 0 Å². The molecule has 20 heavy (non-hydrogen) atoms. The highest BCUT2D eigenvalue weighted by Gasteiger charge is 2.18. The second-order valence-corrected chi connectivity index (χ2v) is 4.84. The van der Waals surface area contributed by atoms with Gasteiger partial charge in [-0.3, -0.25) is 0 Å². The molecule has 0 bridgehead atoms. The summed E-state index contributed by atoms with van der Waals surface area (Å²) in [6.07, 6.45) is 0.657. The minimum Gasteiger partial charge on any atom is -0.465 e. The highest BCUT2D eigenvalue weighted by Crippen LogP contribution is 2.06. The van der Waals surface area contributed by atoms with E-state index in [1.54, 1.807) is 38.1 Å². The molecular weight excluding hydrogens is 260 g/mol. The van der Waals surface area contributed by atoms with Crippen LogP contribution in [0.2, 0.25) is 0 Å². The van der Waals surface area contributed by atoms with Gasteiger partial charge in [-0.05, 0) is 31.5 Å². The van der Waals surface area contributed by atoms with Crippen LogP contribution in [0.1, 0.15) is 29.8 Å². The van der Waals surface area contributed by atoms with Crippen LogP contribution in [0.5, 0.6) is 0 Å². The Kier molecular flexibility index (Phi) is 5.25. The van der Waals surface area contributed by atoms with E-state index in [0.29, 0.717) is 11.8 Å². The molecule has 1 rings (SSSR count). The molecule has 0 fully saturated rings. The molecule has 0 heterocycles. The Bertz CT molecular complexity index is 512. The van der Waals surface area contributed by atoms with Crippen molar-refractivity contribution in [3.63, 3.8) is 0 Å². The summed E-state index contributed by atoms with van der Waals surface area (Å²) in [6.45, 7) is 3.43. The molecule has 0 aliphatic heterocycles. The maximum Gasteiger partial charge on any atom is 0.337 e. The summed E-state index contributed by atoms with van der Waals surface area (Å²) in [6, 6.07) is 6.29.